The van der Waals surface area contributed by atoms with Crippen LogP contribution in [0, 0.1) is 6.92 Å². The van der Waals surface area contributed by atoms with Gasteiger partial charge < -0.3 is 4.74 Å². The minimum Gasteiger partial charge on any atom is -0.465 e. The van der Waals surface area contributed by atoms with Crippen LogP contribution in [0.25, 0.3) is 0 Å². The molecule has 0 saturated carbocycles. The molecule has 0 aromatic heterocycles. The average Bonchev–Trinajstić information content (AvgIpc) is 2.12. The minimum atomic E-state index is -0.468. The van der Waals surface area contributed by atoms with Crippen molar-refractivity contribution in [3.63, 3.8) is 0 Å². The number of rotatable bonds is 1. The molecule has 0 saturated heterocycles. The second kappa shape index (κ2) is 3.99. The lowest BCUT2D eigenvalue weighted by Gasteiger charge is -2.06. The van der Waals surface area contributed by atoms with E-state index in [0.29, 0.717) is 10.6 Å². The standard InChI is InChI=1S/C9H8Cl2O2/c1-5-3-4-6(10)8(11)7(5)9(12)13-2/h3-4H,1-2H3. The third-order valence-electron chi connectivity index (χ3n) is 1.69. The Bertz CT molecular complexity index is 348. The zero-order chi connectivity index (χ0) is 10.0. The van der Waals surface area contributed by atoms with Gasteiger partial charge in [-0.15, -0.1) is 0 Å². The fourth-order valence-electron chi connectivity index (χ4n) is 1.000. The van der Waals surface area contributed by atoms with E-state index in [1.807, 2.05) is 0 Å². The number of methoxy groups -OCH3 is 1. The van der Waals surface area contributed by atoms with Crippen LogP contribution >= 0.6 is 23.2 Å². The van der Waals surface area contributed by atoms with Gasteiger partial charge in [-0.1, -0.05) is 29.3 Å². The number of hydrogen-bond acceptors (Lipinski definition) is 2. The highest BCUT2D eigenvalue weighted by Crippen LogP contribution is 2.28. The van der Waals surface area contributed by atoms with Crippen molar-refractivity contribution >= 4 is 29.2 Å². The van der Waals surface area contributed by atoms with Gasteiger partial charge in [0.15, 0.2) is 0 Å². The third kappa shape index (κ3) is 1.95. The first-order valence-electron chi connectivity index (χ1n) is 3.61. The van der Waals surface area contributed by atoms with Gasteiger partial charge in [0, 0.05) is 0 Å². The number of carbonyl (C=O) groups is 1. The molecule has 2 nitrogen and oxygen atoms in total. The molecule has 1 aromatic carbocycles. The van der Waals surface area contributed by atoms with Gasteiger partial charge in [-0.05, 0) is 18.6 Å². The Morgan fingerprint density at radius 3 is 2.54 bits per heavy atom. The molecule has 0 radical (unpaired) electrons. The molecule has 0 bridgehead atoms. The lowest BCUT2D eigenvalue weighted by atomic mass is 10.1. The largest absolute Gasteiger partial charge is 0.465 e. The lowest BCUT2D eigenvalue weighted by molar-refractivity contribution is 0.0600. The molecular formula is C9H8Cl2O2. The molecule has 1 rings (SSSR count). The van der Waals surface area contributed by atoms with E-state index in [-0.39, 0.29) is 5.02 Å². The molecular weight excluding hydrogens is 211 g/mol. The fourth-order valence-corrected chi connectivity index (χ4v) is 1.45. The number of aryl methyl sites for hydroxylation is 1. The van der Waals surface area contributed by atoms with Gasteiger partial charge in [-0.2, -0.15) is 0 Å². The summed E-state index contributed by atoms with van der Waals surface area (Å²) in [4.78, 5) is 11.2. The van der Waals surface area contributed by atoms with E-state index >= 15 is 0 Å². The smallest absolute Gasteiger partial charge is 0.339 e. The lowest BCUT2D eigenvalue weighted by Crippen LogP contribution is -2.04. The summed E-state index contributed by atoms with van der Waals surface area (Å²) < 4.78 is 4.57. The molecule has 70 valence electrons. The van der Waals surface area contributed by atoms with E-state index in [1.165, 1.54) is 7.11 Å². The summed E-state index contributed by atoms with van der Waals surface area (Å²) in [5.74, 6) is -0.468. The molecule has 0 aliphatic heterocycles. The Kier molecular flexibility index (Phi) is 3.17. The number of benzene rings is 1. The highest BCUT2D eigenvalue weighted by atomic mass is 35.5. The van der Waals surface area contributed by atoms with Crippen LogP contribution in [0.5, 0.6) is 0 Å². The van der Waals surface area contributed by atoms with Crippen molar-refractivity contribution in [2.24, 2.45) is 0 Å². The van der Waals surface area contributed by atoms with E-state index < -0.39 is 5.97 Å². The van der Waals surface area contributed by atoms with Gasteiger partial charge in [0.25, 0.3) is 0 Å². The van der Waals surface area contributed by atoms with Crippen LogP contribution in [0.4, 0.5) is 0 Å². The van der Waals surface area contributed by atoms with Crippen LogP contribution in [0.15, 0.2) is 12.1 Å². The van der Waals surface area contributed by atoms with Gasteiger partial charge in [0.05, 0.1) is 22.7 Å². The topological polar surface area (TPSA) is 26.3 Å². The summed E-state index contributed by atoms with van der Waals surface area (Å²) in [7, 11) is 1.30. The molecule has 1 aromatic rings. The van der Waals surface area contributed by atoms with Crippen LogP contribution in [0.2, 0.25) is 10.0 Å². The van der Waals surface area contributed by atoms with E-state index in [0.717, 1.165) is 5.56 Å². The quantitative estimate of drug-likeness (QED) is 0.678. The predicted octanol–water partition coefficient (Wildman–Crippen LogP) is 3.09. The predicted molar refractivity (Wildman–Crippen MR) is 52.5 cm³/mol. The number of hydrogen-bond donors (Lipinski definition) is 0. The maximum absolute atomic E-state index is 11.2. The maximum Gasteiger partial charge on any atom is 0.339 e. The van der Waals surface area contributed by atoms with E-state index in [4.69, 9.17) is 23.2 Å². The average molecular weight is 219 g/mol. The molecule has 0 fully saturated rings. The SMILES string of the molecule is COC(=O)c1c(C)ccc(Cl)c1Cl. The third-order valence-corrected chi connectivity index (χ3v) is 2.50. The number of halogens is 2. The minimum absolute atomic E-state index is 0.244. The first kappa shape index (κ1) is 10.4. The van der Waals surface area contributed by atoms with E-state index in [1.54, 1.807) is 19.1 Å². The van der Waals surface area contributed by atoms with Crippen molar-refractivity contribution in [2.45, 2.75) is 6.92 Å². The normalized spacial score (nSPS) is 9.85. The molecule has 4 heteroatoms. The molecule has 0 heterocycles. The highest BCUT2D eigenvalue weighted by Gasteiger charge is 2.15. The van der Waals surface area contributed by atoms with Gasteiger partial charge in [0.1, 0.15) is 0 Å². The zero-order valence-electron chi connectivity index (χ0n) is 7.23. The molecule has 0 aliphatic rings. The summed E-state index contributed by atoms with van der Waals surface area (Å²) in [6.07, 6.45) is 0. The fraction of sp³-hybridized carbons (Fsp3) is 0.222. The molecule has 0 amide bonds. The molecule has 13 heavy (non-hydrogen) atoms. The molecule has 0 aliphatic carbocycles. The second-order valence-corrected chi connectivity index (χ2v) is 3.33. The van der Waals surface area contributed by atoms with Gasteiger partial charge in [0.2, 0.25) is 0 Å². The Hall–Kier alpha value is -0.730. The second-order valence-electron chi connectivity index (χ2n) is 2.54. The summed E-state index contributed by atoms with van der Waals surface area (Å²) >= 11 is 11.6. The van der Waals surface area contributed by atoms with Crippen molar-refractivity contribution in [1.82, 2.24) is 0 Å². The Balaban J connectivity index is 3.33. The van der Waals surface area contributed by atoms with Gasteiger partial charge in [-0.3, -0.25) is 0 Å². The van der Waals surface area contributed by atoms with Crippen molar-refractivity contribution in [3.05, 3.63) is 33.3 Å². The number of ether oxygens (including phenoxy) is 1. The van der Waals surface area contributed by atoms with Gasteiger partial charge in [-0.25, -0.2) is 4.79 Å². The Labute approximate surface area is 86.4 Å². The number of carbonyl (C=O) groups excluding carboxylic acids is 1. The maximum atomic E-state index is 11.2. The summed E-state index contributed by atoms with van der Waals surface area (Å²) in [6, 6.07) is 3.37. The van der Waals surface area contributed by atoms with Crippen molar-refractivity contribution < 1.29 is 9.53 Å². The first-order valence-corrected chi connectivity index (χ1v) is 4.36. The van der Waals surface area contributed by atoms with Crippen LogP contribution < -0.4 is 0 Å². The van der Waals surface area contributed by atoms with E-state index in [9.17, 15) is 4.79 Å². The monoisotopic (exact) mass is 218 g/mol. The van der Waals surface area contributed by atoms with Crippen LogP contribution in [-0.4, -0.2) is 13.1 Å². The van der Waals surface area contributed by atoms with Gasteiger partial charge >= 0.3 is 5.97 Å². The van der Waals surface area contributed by atoms with Crippen LogP contribution in [0.3, 0.4) is 0 Å². The Morgan fingerprint density at radius 2 is 2.00 bits per heavy atom. The first-order chi connectivity index (χ1) is 6.07. The molecule has 0 unspecified atom stereocenters. The van der Waals surface area contributed by atoms with Crippen LogP contribution in [-0.2, 0) is 4.74 Å². The summed E-state index contributed by atoms with van der Waals surface area (Å²) in [6.45, 7) is 1.77. The number of esters is 1. The van der Waals surface area contributed by atoms with Crippen molar-refractivity contribution in [1.29, 1.82) is 0 Å². The molecule has 0 N–H and O–H groups in total. The van der Waals surface area contributed by atoms with E-state index in [2.05, 4.69) is 4.74 Å². The summed E-state index contributed by atoms with van der Waals surface area (Å²) in [5, 5.41) is 0.598. The van der Waals surface area contributed by atoms with Crippen molar-refractivity contribution in [2.75, 3.05) is 7.11 Å². The highest BCUT2D eigenvalue weighted by molar-refractivity contribution is 6.43. The Morgan fingerprint density at radius 1 is 1.38 bits per heavy atom. The van der Waals surface area contributed by atoms with Crippen LogP contribution in [0.1, 0.15) is 15.9 Å². The zero-order valence-corrected chi connectivity index (χ0v) is 8.74. The molecule has 0 atom stereocenters. The van der Waals surface area contributed by atoms with Crippen molar-refractivity contribution in [3.8, 4) is 0 Å². The molecule has 0 spiro atoms. The summed E-state index contributed by atoms with van der Waals surface area (Å²) in [5.41, 5.74) is 1.08.